The average Bonchev–Trinajstić information content (AvgIpc) is 3.05. The fourth-order valence-electron chi connectivity index (χ4n) is 5.81. The van der Waals surface area contributed by atoms with Crippen LogP contribution in [0.3, 0.4) is 0 Å². The number of aromatic nitrogens is 1. The van der Waals surface area contributed by atoms with Crippen molar-refractivity contribution in [3.8, 4) is 0 Å². The molecule has 0 bridgehead atoms. The molecule has 5 heteroatoms. The Kier molecular flexibility index (Phi) is 5.79. The second kappa shape index (κ2) is 8.62. The van der Waals surface area contributed by atoms with Crippen LogP contribution >= 0.6 is 0 Å². The van der Waals surface area contributed by atoms with Gasteiger partial charge in [-0.2, -0.15) is 0 Å². The summed E-state index contributed by atoms with van der Waals surface area (Å²) in [6.45, 7) is 5.64. The molecule has 2 aromatic carbocycles. The number of benzene rings is 2. The van der Waals surface area contributed by atoms with Crippen LogP contribution in [-0.2, 0) is 23.9 Å². The maximum absolute atomic E-state index is 13.7. The molecule has 1 aromatic heterocycles. The summed E-state index contributed by atoms with van der Waals surface area (Å²) >= 11 is 0. The highest BCUT2D eigenvalue weighted by atomic mass is 16.3. The molecule has 2 aliphatic heterocycles. The van der Waals surface area contributed by atoms with Crippen LogP contribution in [-0.4, -0.2) is 39.6 Å². The number of piperidine rings is 1. The highest BCUT2D eigenvalue weighted by Gasteiger charge is 2.38. The molecule has 0 radical (unpaired) electrons. The van der Waals surface area contributed by atoms with Crippen LogP contribution in [0, 0.1) is 5.92 Å². The molecule has 5 nitrogen and oxygen atoms in total. The first-order chi connectivity index (χ1) is 15.9. The zero-order chi connectivity index (χ0) is 23.2. The van der Waals surface area contributed by atoms with Crippen LogP contribution < -0.4 is 5.32 Å². The van der Waals surface area contributed by atoms with Gasteiger partial charge in [0, 0.05) is 43.3 Å². The van der Waals surface area contributed by atoms with Crippen LogP contribution in [0.2, 0.25) is 0 Å². The minimum atomic E-state index is -0.850. The Labute approximate surface area is 196 Å². The first kappa shape index (κ1) is 22.2. The fraction of sp³-hybridized carbons (Fsp3) is 0.464. The Morgan fingerprint density at radius 3 is 2.55 bits per heavy atom. The van der Waals surface area contributed by atoms with Crippen LogP contribution in [0.4, 0.5) is 0 Å². The molecule has 2 atom stereocenters. The first-order valence-corrected chi connectivity index (χ1v) is 12.3. The Morgan fingerprint density at radius 1 is 1.12 bits per heavy atom. The van der Waals surface area contributed by atoms with Gasteiger partial charge in [0.1, 0.15) is 0 Å². The van der Waals surface area contributed by atoms with Crippen molar-refractivity contribution >= 4 is 16.8 Å². The summed E-state index contributed by atoms with van der Waals surface area (Å²) in [5.41, 5.74) is 3.89. The molecule has 0 aliphatic carbocycles. The third kappa shape index (κ3) is 4.09. The van der Waals surface area contributed by atoms with Crippen molar-refractivity contribution in [1.82, 2.24) is 14.8 Å². The number of likely N-dealkylation sites (tertiary alicyclic amines) is 1. The molecule has 3 heterocycles. The van der Waals surface area contributed by atoms with Crippen LogP contribution in [0.25, 0.3) is 10.9 Å². The molecule has 5 rings (SSSR count). The van der Waals surface area contributed by atoms with Gasteiger partial charge in [-0.25, -0.2) is 0 Å². The number of amides is 1. The highest BCUT2D eigenvalue weighted by Crippen LogP contribution is 2.37. The minimum absolute atomic E-state index is 0.150. The summed E-state index contributed by atoms with van der Waals surface area (Å²) in [4.78, 5) is 15.7. The van der Waals surface area contributed by atoms with Crippen LogP contribution in [0.5, 0.6) is 0 Å². The standard InChI is InChI=1S/C28H35N3O2/c1-19(2)16-23-22-10-7-11-25-26(22)20(18-30(25)3)17-24(29-23)27(32)31-14-12-28(33,13-15-31)21-8-5-4-6-9-21/h4-11,18-19,23-24,29,33H,12-17H2,1-3H3/t23-,24-/m0/s1. The summed E-state index contributed by atoms with van der Waals surface area (Å²) in [5.74, 6) is 0.679. The van der Waals surface area contributed by atoms with Crippen molar-refractivity contribution < 1.29 is 9.90 Å². The lowest BCUT2D eigenvalue weighted by atomic mass is 9.84. The third-order valence-electron chi connectivity index (χ3n) is 7.55. The van der Waals surface area contributed by atoms with Crippen LogP contribution in [0.15, 0.2) is 54.7 Å². The molecule has 2 aliphatic rings. The van der Waals surface area contributed by atoms with Crippen molar-refractivity contribution in [2.45, 2.75) is 57.2 Å². The van der Waals surface area contributed by atoms with Gasteiger partial charge < -0.3 is 14.6 Å². The van der Waals surface area contributed by atoms with Gasteiger partial charge in [-0.05, 0) is 54.4 Å². The molecular weight excluding hydrogens is 410 g/mol. The lowest BCUT2D eigenvalue weighted by Crippen LogP contribution is -2.52. The van der Waals surface area contributed by atoms with Gasteiger partial charge >= 0.3 is 0 Å². The van der Waals surface area contributed by atoms with Gasteiger partial charge in [0.15, 0.2) is 0 Å². The molecule has 0 unspecified atom stereocenters. The van der Waals surface area contributed by atoms with Crippen molar-refractivity contribution in [3.05, 3.63) is 71.4 Å². The third-order valence-corrected chi connectivity index (χ3v) is 7.55. The van der Waals surface area contributed by atoms with Crippen molar-refractivity contribution in [2.24, 2.45) is 13.0 Å². The number of carbonyl (C=O) groups excluding carboxylic acids is 1. The van der Waals surface area contributed by atoms with Gasteiger partial charge in [0.2, 0.25) is 5.91 Å². The molecule has 174 valence electrons. The molecule has 1 fully saturated rings. The number of hydrogen-bond donors (Lipinski definition) is 2. The molecule has 0 saturated carbocycles. The van der Waals surface area contributed by atoms with Crippen LogP contribution in [0.1, 0.15) is 55.8 Å². The largest absolute Gasteiger partial charge is 0.385 e. The lowest BCUT2D eigenvalue weighted by molar-refractivity contribution is -0.138. The van der Waals surface area contributed by atoms with E-state index < -0.39 is 5.60 Å². The Bertz CT molecular complexity index is 1140. The van der Waals surface area contributed by atoms with E-state index in [1.165, 1.54) is 22.0 Å². The molecule has 2 N–H and O–H groups in total. The second-order valence-corrected chi connectivity index (χ2v) is 10.3. The van der Waals surface area contributed by atoms with Gasteiger partial charge in [-0.3, -0.25) is 10.1 Å². The van der Waals surface area contributed by atoms with E-state index in [4.69, 9.17) is 0 Å². The summed E-state index contributed by atoms with van der Waals surface area (Å²) in [7, 11) is 2.09. The Hall–Kier alpha value is -2.63. The van der Waals surface area contributed by atoms with Crippen molar-refractivity contribution in [2.75, 3.05) is 13.1 Å². The van der Waals surface area contributed by atoms with Crippen molar-refractivity contribution in [1.29, 1.82) is 0 Å². The average molecular weight is 446 g/mol. The maximum atomic E-state index is 13.7. The summed E-state index contributed by atoms with van der Waals surface area (Å²) in [5, 5.41) is 16.3. The number of aryl methyl sites for hydroxylation is 1. The smallest absolute Gasteiger partial charge is 0.240 e. The van der Waals surface area contributed by atoms with E-state index in [1.54, 1.807) is 0 Å². The fourth-order valence-corrected chi connectivity index (χ4v) is 5.81. The van der Waals surface area contributed by atoms with Gasteiger partial charge in [-0.15, -0.1) is 0 Å². The number of nitrogens with zero attached hydrogens (tertiary/aromatic N) is 2. The Balaban J connectivity index is 1.39. The molecule has 33 heavy (non-hydrogen) atoms. The lowest BCUT2D eigenvalue weighted by Gasteiger charge is -2.40. The summed E-state index contributed by atoms with van der Waals surface area (Å²) < 4.78 is 2.19. The Morgan fingerprint density at radius 2 is 1.85 bits per heavy atom. The quantitative estimate of drug-likeness (QED) is 0.630. The van der Waals surface area contributed by atoms with Crippen molar-refractivity contribution in [3.63, 3.8) is 0 Å². The summed E-state index contributed by atoms with van der Waals surface area (Å²) in [6.07, 6.45) is 5.02. The molecule has 3 aromatic rings. The van der Waals surface area contributed by atoms with Gasteiger partial charge in [-0.1, -0.05) is 56.3 Å². The predicted molar refractivity (Wildman–Crippen MR) is 132 cm³/mol. The zero-order valence-electron chi connectivity index (χ0n) is 19.9. The highest BCUT2D eigenvalue weighted by molar-refractivity contribution is 5.90. The summed E-state index contributed by atoms with van der Waals surface area (Å²) in [6, 6.07) is 16.3. The first-order valence-electron chi connectivity index (χ1n) is 12.3. The topological polar surface area (TPSA) is 57.5 Å². The SMILES string of the molecule is CC(C)C[C@@H]1N[C@H](C(=O)N2CCC(O)(c3ccccc3)CC2)Cc2cn(C)c3cccc1c23. The number of aliphatic hydroxyl groups is 1. The molecule has 1 saturated heterocycles. The molecule has 0 spiro atoms. The van der Waals surface area contributed by atoms with E-state index in [-0.39, 0.29) is 18.0 Å². The second-order valence-electron chi connectivity index (χ2n) is 10.3. The predicted octanol–water partition coefficient (Wildman–Crippen LogP) is 4.29. The van der Waals surface area contributed by atoms with Gasteiger partial charge in [0.05, 0.1) is 11.6 Å². The van der Waals surface area contributed by atoms with E-state index in [0.29, 0.717) is 38.3 Å². The van der Waals surface area contributed by atoms with E-state index in [0.717, 1.165) is 12.0 Å². The minimum Gasteiger partial charge on any atom is -0.385 e. The van der Waals surface area contributed by atoms with E-state index in [1.807, 2.05) is 35.2 Å². The number of nitrogens with one attached hydrogen (secondary N) is 1. The number of rotatable bonds is 4. The number of carbonyl (C=O) groups is 1. The van der Waals surface area contributed by atoms with E-state index in [2.05, 4.69) is 55.2 Å². The van der Waals surface area contributed by atoms with E-state index in [9.17, 15) is 9.90 Å². The van der Waals surface area contributed by atoms with Gasteiger partial charge in [0.25, 0.3) is 0 Å². The maximum Gasteiger partial charge on any atom is 0.240 e. The molecular formula is C28H35N3O2. The number of hydrogen-bond acceptors (Lipinski definition) is 3. The monoisotopic (exact) mass is 445 g/mol. The van der Waals surface area contributed by atoms with E-state index >= 15 is 0 Å². The molecule has 1 amide bonds. The normalized spacial score (nSPS) is 22.5. The zero-order valence-corrected chi connectivity index (χ0v) is 19.9.